The molecule has 2 N–H and O–H groups in total. The molecule has 19 heavy (non-hydrogen) atoms. The second-order valence-electron chi connectivity index (χ2n) is 5.75. The molecule has 0 bridgehead atoms. The van der Waals surface area contributed by atoms with Crippen LogP contribution in [0.1, 0.15) is 37.0 Å². The van der Waals surface area contributed by atoms with Gasteiger partial charge in [-0.3, -0.25) is 4.90 Å². The standard InChI is InChI=1S/C13H22N4O2/c1-9-15-13(19-16-9)12-5-11(18)8-17(12)7-10-3-2-4-14-6-10/h10-12,14,18H,2-8H2,1H3/t10?,11-,12+/m0/s1. The normalized spacial score (nSPS) is 32.8. The maximum atomic E-state index is 9.92. The molecular formula is C13H22N4O2. The van der Waals surface area contributed by atoms with Gasteiger partial charge < -0.3 is 14.9 Å². The fourth-order valence-corrected chi connectivity index (χ4v) is 3.20. The van der Waals surface area contributed by atoms with Crippen LogP contribution in [0.3, 0.4) is 0 Å². The van der Waals surface area contributed by atoms with E-state index in [1.165, 1.54) is 12.8 Å². The predicted octanol–water partition coefficient (Wildman–Crippen LogP) is 0.485. The summed E-state index contributed by atoms with van der Waals surface area (Å²) in [4.78, 5) is 6.63. The number of nitrogens with zero attached hydrogens (tertiary/aromatic N) is 3. The van der Waals surface area contributed by atoms with Gasteiger partial charge >= 0.3 is 0 Å². The van der Waals surface area contributed by atoms with Crippen molar-refractivity contribution in [2.45, 2.75) is 38.3 Å². The van der Waals surface area contributed by atoms with Crippen molar-refractivity contribution in [3.8, 4) is 0 Å². The third kappa shape index (κ3) is 2.96. The van der Waals surface area contributed by atoms with E-state index in [-0.39, 0.29) is 12.1 Å². The van der Waals surface area contributed by atoms with Crippen molar-refractivity contribution in [3.63, 3.8) is 0 Å². The lowest BCUT2D eigenvalue weighted by Crippen LogP contribution is -2.38. The lowest BCUT2D eigenvalue weighted by molar-refractivity contribution is 0.150. The Morgan fingerprint density at radius 2 is 2.42 bits per heavy atom. The van der Waals surface area contributed by atoms with Crippen LogP contribution >= 0.6 is 0 Å². The van der Waals surface area contributed by atoms with Gasteiger partial charge in [-0.2, -0.15) is 4.98 Å². The molecule has 0 radical (unpaired) electrons. The van der Waals surface area contributed by atoms with Gasteiger partial charge in [0.2, 0.25) is 5.89 Å². The fourth-order valence-electron chi connectivity index (χ4n) is 3.20. The van der Waals surface area contributed by atoms with Crippen LogP contribution in [0.15, 0.2) is 4.52 Å². The number of aromatic nitrogens is 2. The molecule has 6 nitrogen and oxygen atoms in total. The van der Waals surface area contributed by atoms with Crippen molar-refractivity contribution in [2.75, 3.05) is 26.2 Å². The highest BCUT2D eigenvalue weighted by Crippen LogP contribution is 2.32. The largest absolute Gasteiger partial charge is 0.392 e. The topological polar surface area (TPSA) is 74.4 Å². The van der Waals surface area contributed by atoms with E-state index in [0.717, 1.165) is 19.6 Å². The zero-order valence-corrected chi connectivity index (χ0v) is 11.4. The molecule has 2 aliphatic heterocycles. The molecule has 3 heterocycles. The molecule has 1 aromatic rings. The molecule has 1 unspecified atom stereocenters. The Bertz CT molecular complexity index is 417. The molecule has 3 rings (SSSR count). The van der Waals surface area contributed by atoms with Crippen LogP contribution in [0.5, 0.6) is 0 Å². The van der Waals surface area contributed by atoms with Crippen LogP contribution in [0, 0.1) is 12.8 Å². The van der Waals surface area contributed by atoms with E-state index in [0.29, 0.717) is 30.6 Å². The lowest BCUT2D eigenvalue weighted by Gasteiger charge is -2.29. The van der Waals surface area contributed by atoms with Gasteiger partial charge in [0.15, 0.2) is 5.82 Å². The summed E-state index contributed by atoms with van der Waals surface area (Å²) in [5.41, 5.74) is 0. The van der Waals surface area contributed by atoms with Crippen molar-refractivity contribution in [3.05, 3.63) is 11.7 Å². The molecule has 106 valence electrons. The van der Waals surface area contributed by atoms with E-state index in [1.807, 2.05) is 6.92 Å². The predicted molar refractivity (Wildman–Crippen MR) is 69.6 cm³/mol. The highest BCUT2D eigenvalue weighted by Gasteiger charge is 2.36. The zero-order chi connectivity index (χ0) is 13.2. The van der Waals surface area contributed by atoms with Crippen molar-refractivity contribution in [2.24, 2.45) is 5.92 Å². The number of β-amino-alcohol motifs (C(OH)–C–C–N with tert-alkyl or cyclic N) is 1. The number of hydrogen-bond acceptors (Lipinski definition) is 6. The van der Waals surface area contributed by atoms with E-state index in [2.05, 4.69) is 20.4 Å². The Morgan fingerprint density at radius 3 is 3.11 bits per heavy atom. The molecule has 2 aliphatic rings. The minimum Gasteiger partial charge on any atom is -0.392 e. The summed E-state index contributed by atoms with van der Waals surface area (Å²) in [5.74, 6) is 1.97. The Labute approximate surface area is 113 Å². The average Bonchev–Trinajstić information content (AvgIpc) is 2.97. The molecule has 6 heteroatoms. The number of rotatable bonds is 3. The molecule has 0 aromatic carbocycles. The molecule has 0 saturated carbocycles. The highest BCUT2D eigenvalue weighted by atomic mass is 16.5. The molecule has 2 saturated heterocycles. The van der Waals surface area contributed by atoms with Gasteiger partial charge in [0.05, 0.1) is 12.1 Å². The monoisotopic (exact) mass is 266 g/mol. The molecule has 0 amide bonds. The summed E-state index contributed by atoms with van der Waals surface area (Å²) in [7, 11) is 0. The summed E-state index contributed by atoms with van der Waals surface area (Å²) >= 11 is 0. The Balaban J connectivity index is 1.67. The molecule has 0 aliphatic carbocycles. The van der Waals surface area contributed by atoms with Crippen LogP contribution in [0.25, 0.3) is 0 Å². The third-order valence-electron chi connectivity index (χ3n) is 4.10. The van der Waals surface area contributed by atoms with Gasteiger partial charge in [-0.25, -0.2) is 0 Å². The van der Waals surface area contributed by atoms with E-state index in [4.69, 9.17) is 4.52 Å². The summed E-state index contributed by atoms with van der Waals surface area (Å²) in [6.45, 7) is 5.74. The minimum atomic E-state index is -0.284. The smallest absolute Gasteiger partial charge is 0.244 e. The zero-order valence-electron chi connectivity index (χ0n) is 11.4. The first-order chi connectivity index (χ1) is 9.22. The number of aliphatic hydroxyl groups is 1. The number of aliphatic hydroxyl groups excluding tert-OH is 1. The summed E-state index contributed by atoms with van der Waals surface area (Å²) in [6, 6.07) is 0.0816. The Morgan fingerprint density at radius 1 is 1.53 bits per heavy atom. The lowest BCUT2D eigenvalue weighted by atomic mass is 9.99. The SMILES string of the molecule is Cc1noc([C@H]2C[C@H](O)CN2CC2CCCNC2)n1. The van der Waals surface area contributed by atoms with Gasteiger partial charge in [0.25, 0.3) is 0 Å². The molecule has 1 aromatic heterocycles. The summed E-state index contributed by atoms with van der Waals surface area (Å²) < 4.78 is 5.29. The van der Waals surface area contributed by atoms with Gasteiger partial charge in [-0.1, -0.05) is 5.16 Å². The van der Waals surface area contributed by atoms with E-state index < -0.39 is 0 Å². The van der Waals surface area contributed by atoms with Crippen LogP contribution in [0.4, 0.5) is 0 Å². The van der Waals surface area contributed by atoms with Crippen molar-refractivity contribution in [1.82, 2.24) is 20.4 Å². The second kappa shape index (κ2) is 5.56. The minimum absolute atomic E-state index is 0.0816. The number of aryl methyl sites for hydroxylation is 1. The van der Waals surface area contributed by atoms with Crippen molar-refractivity contribution in [1.29, 1.82) is 0 Å². The fraction of sp³-hybridized carbons (Fsp3) is 0.846. The Kier molecular flexibility index (Phi) is 3.81. The van der Waals surface area contributed by atoms with Crippen LogP contribution in [0.2, 0.25) is 0 Å². The number of hydrogen-bond donors (Lipinski definition) is 2. The van der Waals surface area contributed by atoms with Crippen molar-refractivity contribution < 1.29 is 9.63 Å². The van der Waals surface area contributed by atoms with Gasteiger partial charge in [-0.15, -0.1) is 0 Å². The van der Waals surface area contributed by atoms with Gasteiger partial charge in [-0.05, 0) is 45.2 Å². The van der Waals surface area contributed by atoms with E-state index in [9.17, 15) is 5.11 Å². The quantitative estimate of drug-likeness (QED) is 0.829. The van der Waals surface area contributed by atoms with E-state index >= 15 is 0 Å². The first kappa shape index (κ1) is 13.0. The van der Waals surface area contributed by atoms with Crippen LogP contribution in [-0.4, -0.2) is 52.4 Å². The maximum absolute atomic E-state index is 9.92. The van der Waals surface area contributed by atoms with Gasteiger partial charge in [0.1, 0.15) is 0 Å². The second-order valence-corrected chi connectivity index (χ2v) is 5.75. The summed E-state index contributed by atoms with van der Waals surface area (Å²) in [6.07, 6.45) is 2.91. The molecule has 2 fully saturated rings. The number of piperidine rings is 1. The maximum Gasteiger partial charge on any atom is 0.244 e. The average molecular weight is 266 g/mol. The number of likely N-dealkylation sites (tertiary alicyclic amines) is 1. The highest BCUT2D eigenvalue weighted by molar-refractivity contribution is 4.98. The molecule has 3 atom stereocenters. The summed E-state index contributed by atoms with van der Waals surface area (Å²) in [5, 5.41) is 17.2. The van der Waals surface area contributed by atoms with Crippen LogP contribution in [-0.2, 0) is 0 Å². The third-order valence-corrected chi connectivity index (χ3v) is 4.10. The van der Waals surface area contributed by atoms with Crippen molar-refractivity contribution >= 4 is 0 Å². The van der Waals surface area contributed by atoms with E-state index in [1.54, 1.807) is 0 Å². The Hall–Kier alpha value is -0.980. The molecule has 0 spiro atoms. The number of nitrogens with one attached hydrogen (secondary N) is 1. The van der Waals surface area contributed by atoms with Gasteiger partial charge in [0, 0.05) is 13.1 Å². The molecular weight excluding hydrogens is 244 g/mol. The first-order valence-corrected chi connectivity index (χ1v) is 7.15. The first-order valence-electron chi connectivity index (χ1n) is 7.15. The van der Waals surface area contributed by atoms with Crippen LogP contribution < -0.4 is 5.32 Å².